The van der Waals surface area contributed by atoms with Crippen molar-refractivity contribution in [3.63, 3.8) is 0 Å². The van der Waals surface area contributed by atoms with E-state index in [1.54, 1.807) is 18.4 Å². The van der Waals surface area contributed by atoms with E-state index in [2.05, 4.69) is 15.0 Å². The summed E-state index contributed by atoms with van der Waals surface area (Å²) < 4.78 is 10.5. The Bertz CT molecular complexity index is 509. The standard InChI is InChI=1S/C13H17N3O3/c17-9-10-4-1-2-6-16(10)8-12-14-13(15-19-12)11-5-3-7-18-11/h3,5,7,10,17H,1-2,4,6,8-9H2. The molecule has 0 radical (unpaired) electrons. The molecule has 0 amide bonds. The Balaban J connectivity index is 1.69. The van der Waals surface area contributed by atoms with E-state index in [-0.39, 0.29) is 12.6 Å². The molecule has 1 unspecified atom stereocenters. The van der Waals surface area contributed by atoms with Gasteiger partial charge in [-0.05, 0) is 31.5 Å². The van der Waals surface area contributed by atoms with Crippen molar-refractivity contribution in [2.75, 3.05) is 13.2 Å². The van der Waals surface area contributed by atoms with E-state index < -0.39 is 0 Å². The maximum absolute atomic E-state index is 9.37. The highest BCUT2D eigenvalue weighted by Crippen LogP contribution is 2.20. The van der Waals surface area contributed by atoms with Gasteiger partial charge in [0.1, 0.15) is 0 Å². The lowest BCUT2D eigenvalue weighted by Crippen LogP contribution is -2.41. The summed E-state index contributed by atoms with van der Waals surface area (Å²) in [5.41, 5.74) is 0. The Morgan fingerprint density at radius 2 is 2.37 bits per heavy atom. The van der Waals surface area contributed by atoms with E-state index in [1.165, 1.54) is 6.42 Å². The first-order valence-electron chi connectivity index (χ1n) is 6.58. The zero-order chi connectivity index (χ0) is 13.1. The topological polar surface area (TPSA) is 75.5 Å². The molecule has 19 heavy (non-hydrogen) atoms. The van der Waals surface area contributed by atoms with E-state index >= 15 is 0 Å². The number of likely N-dealkylation sites (tertiary alicyclic amines) is 1. The molecule has 1 saturated heterocycles. The fourth-order valence-corrected chi connectivity index (χ4v) is 2.47. The van der Waals surface area contributed by atoms with E-state index in [4.69, 9.17) is 8.94 Å². The summed E-state index contributed by atoms with van der Waals surface area (Å²) in [6.07, 6.45) is 4.92. The van der Waals surface area contributed by atoms with Crippen molar-refractivity contribution in [2.45, 2.75) is 31.8 Å². The van der Waals surface area contributed by atoms with E-state index in [0.717, 1.165) is 19.4 Å². The highest BCUT2D eigenvalue weighted by atomic mass is 16.5. The minimum absolute atomic E-state index is 0.180. The van der Waals surface area contributed by atoms with Gasteiger partial charge in [-0.1, -0.05) is 11.6 Å². The summed E-state index contributed by atoms with van der Waals surface area (Å²) >= 11 is 0. The molecule has 1 fully saturated rings. The third-order valence-corrected chi connectivity index (χ3v) is 3.51. The molecular formula is C13H17N3O3. The van der Waals surface area contributed by atoms with E-state index in [0.29, 0.717) is 24.0 Å². The number of nitrogens with zero attached hydrogens (tertiary/aromatic N) is 3. The highest BCUT2D eigenvalue weighted by molar-refractivity contribution is 5.44. The van der Waals surface area contributed by atoms with Crippen LogP contribution in [0.1, 0.15) is 25.2 Å². The van der Waals surface area contributed by atoms with Crippen LogP contribution in [0.5, 0.6) is 0 Å². The monoisotopic (exact) mass is 263 g/mol. The summed E-state index contributed by atoms with van der Waals surface area (Å²) in [4.78, 5) is 6.52. The third kappa shape index (κ3) is 2.69. The molecule has 2 aromatic heterocycles. The fraction of sp³-hybridized carbons (Fsp3) is 0.538. The first-order valence-corrected chi connectivity index (χ1v) is 6.58. The van der Waals surface area contributed by atoms with Crippen LogP contribution < -0.4 is 0 Å². The summed E-state index contributed by atoms with van der Waals surface area (Å²) in [6, 6.07) is 3.79. The van der Waals surface area contributed by atoms with Gasteiger partial charge in [-0.25, -0.2) is 0 Å². The molecule has 1 aliphatic heterocycles. The summed E-state index contributed by atoms with van der Waals surface area (Å²) in [5.74, 6) is 1.64. The van der Waals surface area contributed by atoms with Gasteiger partial charge < -0.3 is 14.0 Å². The number of aliphatic hydroxyl groups is 1. The van der Waals surface area contributed by atoms with Crippen LogP contribution in [0.3, 0.4) is 0 Å². The number of furan rings is 1. The molecule has 1 N–H and O–H groups in total. The van der Waals surface area contributed by atoms with Crippen LogP contribution in [-0.2, 0) is 6.54 Å². The zero-order valence-electron chi connectivity index (χ0n) is 10.7. The van der Waals surface area contributed by atoms with Crippen molar-refractivity contribution in [1.82, 2.24) is 15.0 Å². The van der Waals surface area contributed by atoms with Crippen molar-refractivity contribution in [3.05, 3.63) is 24.3 Å². The average molecular weight is 263 g/mol. The van der Waals surface area contributed by atoms with Crippen molar-refractivity contribution >= 4 is 0 Å². The van der Waals surface area contributed by atoms with Crippen molar-refractivity contribution in [3.8, 4) is 11.6 Å². The lowest BCUT2D eigenvalue weighted by atomic mass is 10.0. The molecular weight excluding hydrogens is 246 g/mol. The number of hydrogen-bond acceptors (Lipinski definition) is 6. The molecule has 0 spiro atoms. The van der Waals surface area contributed by atoms with Gasteiger partial charge >= 0.3 is 0 Å². The summed E-state index contributed by atoms with van der Waals surface area (Å²) in [7, 11) is 0. The Morgan fingerprint density at radius 3 is 3.16 bits per heavy atom. The largest absolute Gasteiger partial charge is 0.461 e. The van der Waals surface area contributed by atoms with Crippen molar-refractivity contribution in [2.24, 2.45) is 0 Å². The van der Waals surface area contributed by atoms with Crippen LogP contribution >= 0.6 is 0 Å². The number of hydrogen-bond donors (Lipinski definition) is 1. The summed E-state index contributed by atoms with van der Waals surface area (Å²) in [6.45, 7) is 1.72. The molecule has 2 aromatic rings. The normalized spacial score (nSPS) is 20.8. The van der Waals surface area contributed by atoms with Gasteiger partial charge in [-0.3, -0.25) is 4.90 Å². The lowest BCUT2D eigenvalue weighted by molar-refractivity contribution is 0.0749. The predicted octanol–water partition coefficient (Wildman–Crippen LogP) is 1.68. The van der Waals surface area contributed by atoms with Crippen molar-refractivity contribution < 1.29 is 14.0 Å². The fourth-order valence-electron chi connectivity index (χ4n) is 2.47. The molecule has 0 saturated carbocycles. The third-order valence-electron chi connectivity index (χ3n) is 3.51. The van der Waals surface area contributed by atoms with Crippen LogP contribution in [0.2, 0.25) is 0 Å². The predicted molar refractivity (Wildman–Crippen MR) is 67.1 cm³/mol. The second-order valence-electron chi connectivity index (χ2n) is 4.79. The van der Waals surface area contributed by atoms with Gasteiger partial charge in [0.2, 0.25) is 11.7 Å². The van der Waals surface area contributed by atoms with Crippen LogP contribution in [0.15, 0.2) is 27.3 Å². The van der Waals surface area contributed by atoms with Crippen LogP contribution in [-0.4, -0.2) is 39.3 Å². The minimum Gasteiger partial charge on any atom is -0.461 e. The molecule has 1 atom stereocenters. The van der Waals surface area contributed by atoms with Gasteiger partial charge in [-0.15, -0.1) is 0 Å². The number of piperidine rings is 1. The minimum atomic E-state index is 0.180. The van der Waals surface area contributed by atoms with Crippen LogP contribution in [0.4, 0.5) is 0 Å². The molecule has 102 valence electrons. The Labute approximate surface area is 111 Å². The average Bonchev–Trinajstić information content (AvgIpc) is 3.09. The Kier molecular flexibility index (Phi) is 3.61. The molecule has 0 aromatic carbocycles. The summed E-state index contributed by atoms with van der Waals surface area (Å²) in [5, 5.41) is 13.3. The number of aliphatic hydroxyl groups excluding tert-OH is 1. The van der Waals surface area contributed by atoms with Crippen LogP contribution in [0, 0.1) is 0 Å². The molecule has 0 bridgehead atoms. The quantitative estimate of drug-likeness (QED) is 0.904. The van der Waals surface area contributed by atoms with Crippen molar-refractivity contribution in [1.29, 1.82) is 0 Å². The highest BCUT2D eigenvalue weighted by Gasteiger charge is 2.23. The first kappa shape index (κ1) is 12.4. The number of rotatable bonds is 4. The first-order chi connectivity index (χ1) is 9.36. The molecule has 3 rings (SSSR count). The molecule has 6 nitrogen and oxygen atoms in total. The Morgan fingerprint density at radius 1 is 1.42 bits per heavy atom. The van der Waals surface area contributed by atoms with Gasteiger partial charge in [0.05, 0.1) is 19.4 Å². The maximum Gasteiger partial charge on any atom is 0.241 e. The molecule has 1 aliphatic rings. The van der Waals surface area contributed by atoms with Gasteiger partial charge in [-0.2, -0.15) is 4.98 Å². The van der Waals surface area contributed by atoms with Gasteiger partial charge in [0, 0.05) is 6.04 Å². The molecule has 6 heteroatoms. The van der Waals surface area contributed by atoms with Crippen LogP contribution in [0.25, 0.3) is 11.6 Å². The van der Waals surface area contributed by atoms with Gasteiger partial charge in [0.25, 0.3) is 0 Å². The smallest absolute Gasteiger partial charge is 0.241 e. The van der Waals surface area contributed by atoms with E-state index in [1.807, 2.05) is 0 Å². The lowest BCUT2D eigenvalue weighted by Gasteiger charge is -2.33. The molecule has 3 heterocycles. The number of aromatic nitrogens is 2. The zero-order valence-corrected chi connectivity index (χ0v) is 10.7. The maximum atomic E-state index is 9.37. The second kappa shape index (κ2) is 5.54. The Hall–Kier alpha value is -1.66. The second-order valence-corrected chi connectivity index (χ2v) is 4.79. The SMILES string of the molecule is OCC1CCCCN1Cc1nc(-c2ccco2)no1. The van der Waals surface area contributed by atoms with Gasteiger partial charge in [0.15, 0.2) is 5.76 Å². The van der Waals surface area contributed by atoms with E-state index in [9.17, 15) is 5.11 Å². The molecule has 0 aliphatic carbocycles.